The monoisotopic (exact) mass is 258 g/mol. The van der Waals surface area contributed by atoms with Crippen LogP contribution in [0, 0.1) is 0 Å². The van der Waals surface area contributed by atoms with Crippen LogP contribution in [-0.2, 0) is 14.3 Å². The molecule has 0 spiro atoms. The van der Waals surface area contributed by atoms with Gasteiger partial charge in [-0.15, -0.1) is 0 Å². The zero-order valence-corrected chi connectivity index (χ0v) is 12.2. The normalized spacial score (nSPS) is 12.3. The lowest BCUT2D eigenvalue weighted by Gasteiger charge is -2.29. The van der Waals surface area contributed by atoms with E-state index >= 15 is 0 Å². The molecular formula is C13H26N2O3. The minimum atomic E-state index is -0.316. The molecule has 0 saturated heterocycles. The fraction of sp³-hybridized carbons (Fsp3) is 0.846. The molecule has 106 valence electrons. The summed E-state index contributed by atoms with van der Waals surface area (Å²) in [7, 11) is 4.83. The Labute approximate surface area is 110 Å². The van der Waals surface area contributed by atoms with Gasteiger partial charge in [-0.05, 0) is 13.0 Å². The standard InChI is InChI=1S/C13H26N2O3/c1-6-8-9-11(13(17)18-5)15(7-2)10-12(16)14(3)4/h11H,6-10H2,1-5H3. The molecule has 0 aromatic carbocycles. The molecular weight excluding hydrogens is 232 g/mol. The molecule has 0 N–H and O–H groups in total. The van der Waals surface area contributed by atoms with Crippen molar-refractivity contribution in [2.24, 2.45) is 0 Å². The van der Waals surface area contributed by atoms with Gasteiger partial charge in [0, 0.05) is 14.1 Å². The number of unbranched alkanes of at least 4 members (excludes halogenated alkanes) is 1. The summed E-state index contributed by atoms with van der Waals surface area (Å²) in [5.74, 6) is -0.251. The van der Waals surface area contributed by atoms with Crippen LogP contribution in [0.25, 0.3) is 0 Å². The van der Waals surface area contributed by atoms with E-state index in [9.17, 15) is 9.59 Å². The van der Waals surface area contributed by atoms with Gasteiger partial charge in [0.1, 0.15) is 6.04 Å². The molecule has 0 aromatic rings. The van der Waals surface area contributed by atoms with Gasteiger partial charge in [-0.25, -0.2) is 0 Å². The average Bonchev–Trinajstić information content (AvgIpc) is 2.36. The van der Waals surface area contributed by atoms with Crippen molar-refractivity contribution in [1.29, 1.82) is 0 Å². The highest BCUT2D eigenvalue weighted by atomic mass is 16.5. The van der Waals surface area contributed by atoms with Crippen LogP contribution >= 0.6 is 0 Å². The molecule has 18 heavy (non-hydrogen) atoms. The molecule has 0 saturated carbocycles. The summed E-state index contributed by atoms with van der Waals surface area (Å²) in [6.45, 7) is 4.94. The van der Waals surface area contributed by atoms with Gasteiger partial charge in [0.25, 0.3) is 0 Å². The molecule has 0 aliphatic rings. The highest BCUT2D eigenvalue weighted by Gasteiger charge is 2.27. The molecule has 0 aromatic heterocycles. The smallest absolute Gasteiger partial charge is 0.323 e. The van der Waals surface area contributed by atoms with Crippen molar-refractivity contribution >= 4 is 11.9 Å². The Morgan fingerprint density at radius 2 is 1.83 bits per heavy atom. The van der Waals surface area contributed by atoms with Gasteiger partial charge in [-0.3, -0.25) is 14.5 Å². The predicted molar refractivity (Wildman–Crippen MR) is 71.3 cm³/mol. The SMILES string of the molecule is CCCCC(C(=O)OC)N(CC)CC(=O)N(C)C. The van der Waals surface area contributed by atoms with Crippen LogP contribution in [0.2, 0.25) is 0 Å². The number of ether oxygens (including phenoxy) is 1. The minimum Gasteiger partial charge on any atom is -0.468 e. The number of likely N-dealkylation sites (N-methyl/N-ethyl adjacent to an activating group) is 2. The Morgan fingerprint density at radius 3 is 2.22 bits per heavy atom. The summed E-state index contributed by atoms with van der Waals surface area (Å²) >= 11 is 0. The van der Waals surface area contributed by atoms with Crippen molar-refractivity contribution in [2.75, 3.05) is 34.3 Å². The lowest BCUT2D eigenvalue weighted by molar-refractivity contribution is -0.148. The summed E-state index contributed by atoms with van der Waals surface area (Å²) < 4.78 is 4.83. The molecule has 5 heteroatoms. The minimum absolute atomic E-state index is 0.00208. The van der Waals surface area contributed by atoms with Crippen LogP contribution < -0.4 is 0 Å². The number of carbonyl (C=O) groups excluding carboxylic acids is 2. The second-order valence-electron chi connectivity index (χ2n) is 4.53. The van der Waals surface area contributed by atoms with Crippen LogP contribution in [0.15, 0.2) is 0 Å². The van der Waals surface area contributed by atoms with Crippen LogP contribution in [0.1, 0.15) is 33.1 Å². The van der Waals surface area contributed by atoms with E-state index in [1.165, 1.54) is 12.0 Å². The molecule has 0 heterocycles. The van der Waals surface area contributed by atoms with E-state index < -0.39 is 0 Å². The Morgan fingerprint density at radius 1 is 1.22 bits per heavy atom. The topological polar surface area (TPSA) is 49.9 Å². The highest BCUT2D eigenvalue weighted by molar-refractivity contribution is 5.80. The van der Waals surface area contributed by atoms with Crippen molar-refractivity contribution in [3.63, 3.8) is 0 Å². The van der Waals surface area contributed by atoms with Gasteiger partial charge in [-0.1, -0.05) is 26.7 Å². The largest absolute Gasteiger partial charge is 0.468 e. The first-order valence-corrected chi connectivity index (χ1v) is 6.49. The van der Waals surface area contributed by atoms with Crippen LogP contribution in [-0.4, -0.2) is 62.0 Å². The van der Waals surface area contributed by atoms with Crippen molar-refractivity contribution in [3.8, 4) is 0 Å². The lowest BCUT2D eigenvalue weighted by atomic mass is 10.1. The van der Waals surface area contributed by atoms with Crippen molar-refractivity contribution in [2.45, 2.75) is 39.2 Å². The molecule has 0 fully saturated rings. The highest BCUT2D eigenvalue weighted by Crippen LogP contribution is 2.11. The van der Waals surface area contributed by atoms with Gasteiger partial charge in [-0.2, -0.15) is 0 Å². The van der Waals surface area contributed by atoms with Gasteiger partial charge < -0.3 is 9.64 Å². The van der Waals surface area contributed by atoms with E-state index in [0.717, 1.165) is 19.3 Å². The first-order valence-electron chi connectivity index (χ1n) is 6.49. The number of nitrogens with zero attached hydrogens (tertiary/aromatic N) is 2. The summed E-state index contributed by atoms with van der Waals surface area (Å²) in [6, 6.07) is -0.316. The van der Waals surface area contributed by atoms with Gasteiger partial charge >= 0.3 is 5.97 Å². The summed E-state index contributed by atoms with van der Waals surface area (Å²) in [5, 5.41) is 0. The molecule has 0 aliphatic carbocycles. The second kappa shape index (κ2) is 8.91. The van der Waals surface area contributed by atoms with Crippen molar-refractivity contribution < 1.29 is 14.3 Å². The molecule has 1 atom stereocenters. The number of hydrogen-bond acceptors (Lipinski definition) is 4. The van der Waals surface area contributed by atoms with Gasteiger partial charge in [0.05, 0.1) is 13.7 Å². The third-order valence-corrected chi connectivity index (χ3v) is 2.99. The number of esters is 1. The molecule has 5 nitrogen and oxygen atoms in total. The maximum absolute atomic E-state index is 11.8. The summed E-state index contributed by atoms with van der Waals surface area (Å²) in [6.07, 6.45) is 2.71. The van der Waals surface area contributed by atoms with Crippen molar-refractivity contribution in [1.82, 2.24) is 9.80 Å². The fourth-order valence-corrected chi connectivity index (χ4v) is 1.74. The fourth-order valence-electron chi connectivity index (χ4n) is 1.74. The van der Waals surface area contributed by atoms with Crippen LogP contribution in [0.3, 0.4) is 0 Å². The zero-order valence-electron chi connectivity index (χ0n) is 12.2. The third-order valence-electron chi connectivity index (χ3n) is 2.99. The van der Waals surface area contributed by atoms with Crippen molar-refractivity contribution in [3.05, 3.63) is 0 Å². The van der Waals surface area contributed by atoms with E-state index in [2.05, 4.69) is 6.92 Å². The number of carbonyl (C=O) groups is 2. The molecule has 0 rings (SSSR count). The second-order valence-corrected chi connectivity index (χ2v) is 4.53. The Hall–Kier alpha value is -1.10. The van der Waals surface area contributed by atoms with E-state index in [-0.39, 0.29) is 24.5 Å². The molecule has 0 bridgehead atoms. The number of rotatable bonds is 8. The van der Waals surface area contributed by atoms with Crippen LogP contribution in [0.5, 0.6) is 0 Å². The van der Waals surface area contributed by atoms with E-state index in [1.54, 1.807) is 14.1 Å². The summed E-state index contributed by atoms with van der Waals surface area (Å²) in [4.78, 5) is 26.9. The Bertz CT molecular complexity index is 267. The quantitative estimate of drug-likeness (QED) is 0.612. The lowest BCUT2D eigenvalue weighted by Crippen LogP contribution is -2.46. The van der Waals surface area contributed by atoms with E-state index in [1.807, 2.05) is 11.8 Å². The number of hydrogen-bond donors (Lipinski definition) is 0. The van der Waals surface area contributed by atoms with Crippen LogP contribution in [0.4, 0.5) is 0 Å². The van der Waals surface area contributed by atoms with Gasteiger partial charge in [0.15, 0.2) is 0 Å². The average molecular weight is 258 g/mol. The number of amides is 1. The zero-order chi connectivity index (χ0) is 14.1. The Kier molecular flexibility index (Phi) is 8.37. The van der Waals surface area contributed by atoms with E-state index in [0.29, 0.717) is 6.54 Å². The molecule has 1 amide bonds. The maximum atomic E-state index is 11.8. The van der Waals surface area contributed by atoms with Gasteiger partial charge in [0.2, 0.25) is 5.91 Å². The molecule has 0 radical (unpaired) electrons. The molecule has 1 unspecified atom stereocenters. The molecule has 0 aliphatic heterocycles. The maximum Gasteiger partial charge on any atom is 0.323 e. The number of methoxy groups -OCH3 is 1. The Balaban J connectivity index is 4.69. The van der Waals surface area contributed by atoms with E-state index in [4.69, 9.17) is 4.74 Å². The summed E-state index contributed by atoms with van der Waals surface area (Å²) in [5.41, 5.74) is 0. The third kappa shape index (κ3) is 5.49. The predicted octanol–water partition coefficient (Wildman–Crippen LogP) is 1.13. The first-order chi connectivity index (χ1) is 8.47. The first kappa shape index (κ1) is 16.9.